The monoisotopic (exact) mass is 444 g/mol. The Balaban J connectivity index is 1.33. The third-order valence-electron chi connectivity index (χ3n) is 6.18. The van der Waals surface area contributed by atoms with Gasteiger partial charge >= 0.3 is 0 Å². The Morgan fingerprint density at radius 1 is 1.32 bits per heavy atom. The Hall–Kier alpha value is -1.97. The highest BCUT2D eigenvalue weighted by atomic mass is 35.5. The molecule has 0 spiro atoms. The molecule has 3 heterocycles. The number of fused-ring (bicyclic) bond motifs is 1. The van der Waals surface area contributed by atoms with Gasteiger partial charge in [-0.1, -0.05) is 17.7 Å². The molecule has 1 aromatic carbocycles. The summed E-state index contributed by atoms with van der Waals surface area (Å²) in [6, 6.07) is 3.96. The van der Waals surface area contributed by atoms with Gasteiger partial charge in [-0.25, -0.2) is 19.4 Å². The van der Waals surface area contributed by atoms with E-state index in [-0.39, 0.29) is 29.6 Å². The van der Waals surface area contributed by atoms with Gasteiger partial charge in [-0.3, -0.25) is 15.5 Å². The van der Waals surface area contributed by atoms with Crippen LogP contribution in [0.25, 0.3) is 0 Å². The van der Waals surface area contributed by atoms with Gasteiger partial charge in [0.05, 0.1) is 12.1 Å². The molecule has 9 heteroatoms. The van der Waals surface area contributed by atoms with Crippen LogP contribution < -0.4 is 16.1 Å². The average molecular weight is 445 g/mol. The highest BCUT2D eigenvalue weighted by Crippen LogP contribution is 2.32. The summed E-state index contributed by atoms with van der Waals surface area (Å²) in [5.41, 5.74) is 6.40. The molecular weight excluding hydrogens is 419 g/mol. The highest BCUT2D eigenvalue weighted by Gasteiger charge is 2.39. The lowest BCUT2D eigenvalue weighted by Gasteiger charge is -2.38. The summed E-state index contributed by atoms with van der Waals surface area (Å²) in [5.74, 6) is 0.796. The molecule has 5 rings (SSSR count). The molecule has 2 aliphatic heterocycles. The molecule has 3 aliphatic rings. The lowest BCUT2D eigenvalue weighted by molar-refractivity contribution is -0.124. The zero-order chi connectivity index (χ0) is 21.4. The summed E-state index contributed by atoms with van der Waals surface area (Å²) >= 11 is 6.18. The van der Waals surface area contributed by atoms with Crippen molar-refractivity contribution in [3.63, 3.8) is 0 Å². The van der Waals surface area contributed by atoms with E-state index < -0.39 is 0 Å². The first-order chi connectivity index (χ1) is 15.1. The van der Waals surface area contributed by atoms with E-state index in [1.54, 1.807) is 6.07 Å². The van der Waals surface area contributed by atoms with E-state index >= 15 is 0 Å². The highest BCUT2D eigenvalue weighted by molar-refractivity contribution is 6.31. The van der Waals surface area contributed by atoms with E-state index in [1.165, 1.54) is 12.1 Å². The number of rotatable bonds is 6. The largest absolute Gasteiger partial charge is 0.312 e. The molecular formula is C22H26ClFN6O. The van der Waals surface area contributed by atoms with Crippen molar-refractivity contribution in [2.75, 3.05) is 19.6 Å². The van der Waals surface area contributed by atoms with Crippen LogP contribution in [0.5, 0.6) is 0 Å². The summed E-state index contributed by atoms with van der Waals surface area (Å²) in [7, 11) is 0. The number of benzene rings is 1. The molecule has 0 radical (unpaired) electrons. The second kappa shape index (κ2) is 8.88. The van der Waals surface area contributed by atoms with Gasteiger partial charge in [0.25, 0.3) is 0 Å². The number of aromatic nitrogens is 2. The summed E-state index contributed by atoms with van der Waals surface area (Å²) in [5, 5.41) is 9.26. The number of carbonyl (C=O) groups excluding carboxylic acids is 1. The minimum atomic E-state index is -0.356. The predicted octanol–water partition coefficient (Wildman–Crippen LogP) is 1.91. The number of Topliss-reactive ketones (excluding diaryl/α,β-unsaturated/α-hetero) is 1. The summed E-state index contributed by atoms with van der Waals surface area (Å²) < 4.78 is 13.3. The third kappa shape index (κ3) is 4.78. The topological polar surface area (TPSA) is 82.2 Å². The lowest BCUT2D eigenvalue weighted by atomic mass is 10.0. The Bertz CT molecular complexity index is 984. The molecule has 0 bridgehead atoms. The van der Waals surface area contributed by atoms with Crippen molar-refractivity contribution in [3.8, 4) is 0 Å². The van der Waals surface area contributed by atoms with Crippen LogP contribution in [0.4, 0.5) is 4.39 Å². The number of halogens is 2. The van der Waals surface area contributed by atoms with E-state index in [1.807, 2.05) is 11.2 Å². The molecule has 0 amide bonds. The number of nitrogens with one attached hydrogen (secondary N) is 3. The van der Waals surface area contributed by atoms with Crippen molar-refractivity contribution in [2.24, 2.45) is 5.92 Å². The first-order valence-electron chi connectivity index (χ1n) is 10.8. The van der Waals surface area contributed by atoms with Crippen LogP contribution >= 0.6 is 11.6 Å². The van der Waals surface area contributed by atoms with Crippen molar-refractivity contribution >= 4 is 17.4 Å². The summed E-state index contributed by atoms with van der Waals surface area (Å²) in [4.78, 5) is 22.3. The van der Waals surface area contributed by atoms with Crippen molar-refractivity contribution in [1.82, 2.24) is 31.0 Å². The summed E-state index contributed by atoms with van der Waals surface area (Å²) in [6.45, 7) is 3.33. The van der Waals surface area contributed by atoms with Crippen LogP contribution in [0.3, 0.4) is 0 Å². The molecule has 1 aromatic heterocycles. The molecule has 2 unspecified atom stereocenters. The maximum Gasteiger partial charge on any atom is 0.154 e. The Labute approximate surface area is 185 Å². The number of hydrogen-bond acceptors (Lipinski definition) is 7. The van der Waals surface area contributed by atoms with Crippen LogP contribution in [-0.2, 0) is 24.3 Å². The van der Waals surface area contributed by atoms with Crippen LogP contribution in [0, 0.1) is 11.7 Å². The van der Waals surface area contributed by atoms with Crippen LogP contribution in [0.2, 0.25) is 5.02 Å². The Morgan fingerprint density at radius 2 is 2.19 bits per heavy atom. The van der Waals surface area contributed by atoms with Gasteiger partial charge in [-0.2, -0.15) is 0 Å². The van der Waals surface area contributed by atoms with Gasteiger partial charge in [0.1, 0.15) is 11.6 Å². The van der Waals surface area contributed by atoms with Gasteiger partial charge in [0.15, 0.2) is 5.78 Å². The second-order valence-electron chi connectivity index (χ2n) is 8.55. The lowest BCUT2D eigenvalue weighted by Crippen LogP contribution is -2.59. The maximum absolute atomic E-state index is 13.3. The second-order valence-corrected chi connectivity index (χ2v) is 8.96. The molecule has 31 heavy (non-hydrogen) atoms. The number of carbonyl (C=O) groups is 1. The first kappa shape index (κ1) is 20.9. The van der Waals surface area contributed by atoms with Crippen LogP contribution in [-0.4, -0.2) is 46.4 Å². The number of piperazine rings is 1. The zero-order valence-corrected chi connectivity index (χ0v) is 18.0. The molecule has 164 valence electrons. The first-order valence-corrected chi connectivity index (χ1v) is 11.2. The molecule has 2 fully saturated rings. The molecule has 2 aromatic rings. The van der Waals surface area contributed by atoms with Gasteiger partial charge in [-0.05, 0) is 30.5 Å². The van der Waals surface area contributed by atoms with Gasteiger partial charge < -0.3 is 5.32 Å². The minimum Gasteiger partial charge on any atom is -0.312 e. The van der Waals surface area contributed by atoms with Gasteiger partial charge in [0, 0.05) is 67.5 Å². The number of hydrazine groups is 1. The van der Waals surface area contributed by atoms with Gasteiger partial charge in [0.2, 0.25) is 0 Å². The maximum atomic E-state index is 13.3. The normalized spacial score (nSPS) is 24.1. The van der Waals surface area contributed by atoms with Crippen LogP contribution in [0.1, 0.15) is 41.5 Å². The van der Waals surface area contributed by atoms with E-state index in [4.69, 9.17) is 16.6 Å². The van der Waals surface area contributed by atoms with E-state index in [0.29, 0.717) is 24.7 Å². The van der Waals surface area contributed by atoms with Crippen molar-refractivity contribution in [2.45, 2.75) is 44.4 Å². The smallest absolute Gasteiger partial charge is 0.154 e. The van der Waals surface area contributed by atoms with Crippen molar-refractivity contribution in [3.05, 3.63) is 57.9 Å². The zero-order valence-electron chi connectivity index (χ0n) is 17.2. The fourth-order valence-corrected chi connectivity index (χ4v) is 4.49. The molecule has 7 nitrogen and oxygen atoms in total. The van der Waals surface area contributed by atoms with Crippen molar-refractivity contribution < 1.29 is 9.18 Å². The quantitative estimate of drug-likeness (QED) is 0.627. The fourth-order valence-electron chi connectivity index (χ4n) is 4.25. The molecule has 3 N–H and O–H groups in total. The predicted molar refractivity (Wildman–Crippen MR) is 115 cm³/mol. The van der Waals surface area contributed by atoms with Crippen molar-refractivity contribution in [1.29, 1.82) is 0 Å². The van der Waals surface area contributed by atoms with E-state index in [9.17, 15) is 9.18 Å². The fraction of sp³-hybridized carbons (Fsp3) is 0.500. The average Bonchev–Trinajstić information content (AvgIpc) is 3.63. The number of ketones is 1. The van der Waals surface area contributed by atoms with E-state index in [0.717, 1.165) is 55.0 Å². The molecule has 1 saturated heterocycles. The molecule has 2 atom stereocenters. The standard InChI is InChI=1S/C22H26ClFN6O/c23-17-7-16(24)4-3-14(17)10-27-30-11-19(21(31)13-1-2-13)28-20(12-30)22-26-9-15-8-25-6-5-18(15)29-22/h3-4,7,9,13,19-20,25,27-28H,1-2,5-6,8,10-12H2. The third-order valence-corrected chi connectivity index (χ3v) is 6.53. The van der Waals surface area contributed by atoms with Crippen LogP contribution in [0.15, 0.2) is 24.4 Å². The van der Waals surface area contributed by atoms with Gasteiger partial charge in [-0.15, -0.1) is 0 Å². The summed E-state index contributed by atoms with van der Waals surface area (Å²) in [6.07, 6.45) is 4.73. The molecule has 1 saturated carbocycles. The number of hydrogen-bond donors (Lipinski definition) is 3. The number of nitrogens with zero attached hydrogens (tertiary/aromatic N) is 3. The Morgan fingerprint density at radius 3 is 3.00 bits per heavy atom. The Kier molecular flexibility index (Phi) is 5.99. The SMILES string of the molecule is O=C(C1CC1)C1CN(NCc2ccc(F)cc2Cl)CC(c2ncc3c(n2)CCNC3)N1. The van der Waals surface area contributed by atoms with E-state index in [2.05, 4.69) is 21.0 Å². The molecule has 1 aliphatic carbocycles. The minimum absolute atomic E-state index is 0.155.